The summed E-state index contributed by atoms with van der Waals surface area (Å²) in [4.78, 5) is 31.1. The van der Waals surface area contributed by atoms with E-state index in [9.17, 15) is 9.59 Å². The summed E-state index contributed by atoms with van der Waals surface area (Å²) in [6.07, 6.45) is 1.54. The molecule has 1 unspecified atom stereocenters. The third kappa shape index (κ3) is 3.04. The number of imide groups is 1. The standard InChI is InChI=1S/C11H13BrN4O2/c1-2-8-14-7(12)5-9(15-8)13-6-3-4-10(17)16-11(6)18/h5-6H,2-4H2,1H3,(H,13,14,15)(H,16,17,18). The Morgan fingerprint density at radius 1 is 1.50 bits per heavy atom. The second-order valence-corrected chi connectivity index (χ2v) is 4.81. The Morgan fingerprint density at radius 3 is 2.94 bits per heavy atom. The number of nitrogens with zero attached hydrogens (tertiary/aromatic N) is 2. The monoisotopic (exact) mass is 312 g/mol. The molecule has 1 aromatic heterocycles. The first-order valence-corrected chi connectivity index (χ1v) is 6.51. The lowest BCUT2D eigenvalue weighted by Gasteiger charge is -2.22. The van der Waals surface area contributed by atoms with E-state index < -0.39 is 6.04 Å². The number of piperidine rings is 1. The predicted molar refractivity (Wildman–Crippen MR) is 68.9 cm³/mol. The highest BCUT2D eigenvalue weighted by atomic mass is 79.9. The molecule has 1 atom stereocenters. The number of hydrogen-bond acceptors (Lipinski definition) is 5. The van der Waals surface area contributed by atoms with Crippen molar-refractivity contribution in [3.63, 3.8) is 0 Å². The average Bonchev–Trinajstić information content (AvgIpc) is 2.32. The number of aromatic nitrogens is 2. The molecule has 7 heteroatoms. The molecular weight excluding hydrogens is 300 g/mol. The summed E-state index contributed by atoms with van der Waals surface area (Å²) in [6.45, 7) is 1.96. The topological polar surface area (TPSA) is 84.0 Å². The maximum Gasteiger partial charge on any atom is 0.249 e. The lowest BCUT2D eigenvalue weighted by molar-refractivity contribution is -0.133. The molecule has 0 aromatic carbocycles. The van der Waals surface area contributed by atoms with Crippen molar-refractivity contribution in [3.05, 3.63) is 16.5 Å². The van der Waals surface area contributed by atoms with Gasteiger partial charge in [-0.25, -0.2) is 9.97 Å². The number of nitrogens with one attached hydrogen (secondary N) is 2. The SMILES string of the molecule is CCc1nc(Br)cc(NC2CCC(=O)NC2=O)n1. The first-order valence-electron chi connectivity index (χ1n) is 5.72. The van der Waals surface area contributed by atoms with Gasteiger partial charge >= 0.3 is 0 Å². The lowest BCUT2D eigenvalue weighted by atomic mass is 10.1. The summed E-state index contributed by atoms with van der Waals surface area (Å²) in [5.41, 5.74) is 0. The molecule has 96 valence electrons. The quantitative estimate of drug-likeness (QED) is 0.643. The summed E-state index contributed by atoms with van der Waals surface area (Å²) in [5, 5.41) is 5.32. The third-order valence-corrected chi connectivity index (χ3v) is 3.02. The van der Waals surface area contributed by atoms with Gasteiger partial charge in [-0.05, 0) is 22.4 Å². The molecule has 0 spiro atoms. The fraction of sp³-hybridized carbons (Fsp3) is 0.455. The number of rotatable bonds is 3. The van der Waals surface area contributed by atoms with Gasteiger partial charge in [-0.15, -0.1) is 0 Å². The van der Waals surface area contributed by atoms with Crippen LogP contribution in [0.4, 0.5) is 5.82 Å². The van der Waals surface area contributed by atoms with Crippen molar-refractivity contribution in [2.75, 3.05) is 5.32 Å². The van der Waals surface area contributed by atoms with Gasteiger partial charge in [0.1, 0.15) is 22.3 Å². The van der Waals surface area contributed by atoms with E-state index in [1.807, 2.05) is 6.92 Å². The fourth-order valence-electron chi connectivity index (χ4n) is 1.71. The molecule has 0 bridgehead atoms. The van der Waals surface area contributed by atoms with Crippen LogP contribution in [0.3, 0.4) is 0 Å². The van der Waals surface area contributed by atoms with Gasteiger partial charge in [0.25, 0.3) is 0 Å². The molecule has 2 amide bonds. The molecule has 6 nitrogen and oxygen atoms in total. The number of hydrogen-bond donors (Lipinski definition) is 2. The van der Waals surface area contributed by atoms with Gasteiger partial charge in [-0.2, -0.15) is 0 Å². The minimum atomic E-state index is -0.422. The van der Waals surface area contributed by atoms with Crippen molar-refractivity contribution in [3.8, 4) is 0 Å². The molecule has 0 aliphatic carbocycles. The van der Waals surface area contributed by atoms with Crippen molar-refractivity contribution < 1.29 is 9.59 Å². The van der Waals surface area contributed by atoms with Crippen LogP contribution in [0.2, 0.25) is 0 Å². The third-order valence-electron chi connectivity index (χ3n) is 2.62. The summed E-state index contributed by atoms with van der Waals surface area (Å²) >= 11 is 3.30. The molecule has 1 aliphatic heterocycles. The van der Waals surface area contributed by atoms with Gasteiger partial charge < -0.3 is 5.32 Å². The Kier molecular flexibility index (Phi) is 3.90. The summed E-state index contributed by atoms with van der Waals surface area (Å²) in [6, 6.07) is 1.29. The fourth-order valence-corrected chi connectivity index (χ4v) is 2.13. The Bertz CT molecular complexity index is 492. The normalized spacial score (nSPS) is 19.6. The smallest absolute Gasteiger partial charge is 0.249 e. The van der Waals surface area contributed by atoms with Crippen molar-refractivity contribution in [2.24, 2.45) is 0 Å². The van der Waals surface area contributed by atoms with E-state index in [-0.39, 0.29) is 11.8 Å². The van der Waals surface area contributed by atoms with E-state index in [0.717, 1.165) is 0 Å². The number of aryl methyl sites for hydroxylation is 1. The zero-order valence-electron chi connectivity index (χ0n) is 9.86. The largest absolute Gasteiger partial charge is 0.358 e. The highest BCUT2D eigenvalue weighted by Crippen LogP contribution is 2.16. The number of anilines is 1. The molecule has 2 heterocycles. The number of carbonyl (C=O) groups excluding carboxylic acids is 2. The van der Waals surface area contributed by atoms with Crippen molar-refractivity contribution >= 4 is 33.6 Å². The van der Waals surface area contributed by atoms with E-state index in [0.29, 0.717) is 35.5 Å². The van der Waals surface area contributed by atoms with E-state index in [1.165, 1.54) is 0 Å². The van der Waals surface area contributed by atoms with E-state index in [4.69, 9.17) is 0 Å². The molecule has 2 rings (SSSR count). The van der Waals surface area contributed by atoms with Crippen LogP contribution in [0, 0.1) is 0 Å². The highest BCUT2D eigenvalue weighted by molar-refractivity contribution is 9.10. The van der Waals surface area contributed by atoms with Crippen LogP contribution in [-0.2, 0) is 16.0 Å². The molecule has 1 saturated heterocycles. The lowest BCUT2D eigenvalue weighted by Crippen LogP contribution is -2.47. The maximum absolute atomic E-state index is 11.6. The van der Waals surface area contributed by atoms with Gasteiger partial charge in [-0.3, -0.25) is 14.9 Å². The van der Waals surface area contributed by atoms with Crippen LogP contribution in [0.5, 0.6) is 0 Å². The summed E-state index contributed by atoms with van der Waals surface area (Å²) < 4.78 is 0.671. The maximum atomic E-state index is 11.6. The molecule has 1 aromatic rings. The molecule has 1 fully saturated rings. The molecule has 1 aliphatic rings. The van der Waals surface area contributed by atoms with Crippen molar-refractivity contribution in [1.82, 2.24) is 15.3 Å². The van der Waals surface area contributed by atoms with Crippen LogP contribution in [0.25, 0.3) is 0 Å². The Labute approximate surface area is 113 Å². The predicted octanol–water partition coefficient (Wildman–Crippen LogP) is 1.02. The van der Waals surface area contributed by atoms with Gasteiger partial charge in [-0.1, -0.05) is 6.92 Å². The van der Waals surface area contributed by atoms with Crippen molar-refractivity contribution in [2.45, 2.75) is 32.2 Å². The second kappa shape index (κ2) is 5.43. The van der Waals surface area contributed by atoms with E-state index in [2.05, 4.69) is 36.5 Å². The van der Waals surface area contributed by atoms with Gasteiger partial charge in [0.15, 0.2) is 0 Å². The Hall–Kier alpha value is -1.50. The number of amides is 2. The van der Waals surface area contributed by atoms with Crippen LogP contribution in [0.15, 0.2) is 10.7 Å². The Balaban J connectivity index is 2.11. The number of halogens is 1. The van der Waals surface area contributed by atoms with E-state index in [1.54, 1.807) is 6.07 Å². The van der Waals surface area contributed by atoms with Crippen LogP contribution < -0.4 is 10.6 Å². The zero-order chi connectivity index (χ0) is 13.1. The molecule has 0 saturated carbocycles. The van der Waals surface area contributed by atoms with Crippen LogP contribution in [-0.4, -0.2) is 27.8 Å². The first-order chi connectivity index (χ1) is 8.58. The molecule has 0 radical (unpaired) electrons. The second-order valence-electron chi connectivity index (χ2n) is 3.99. The summed E-state index contributed by atoms with van der Waals surface area (Å²) in [7, 11) is 0. The summed E-state index contributed by atoms with van der Waals surface area (Å²) in [5.74, 6) is 0.748. The van der Waals surface area contributed by atoms with E-state index >= 15 is 0 Å². The molecule has 18 heavy (non-hydrogen) atoms. The minimum Gasteiger partial charge on any atom is -0.358 e. The van der Waals surface area contributed by atoms with Gasteiger partial charge in [0, 0.05) is 18.9 Å². The highest BCUT2D eigenvalue weighted by Gasteiger charge is 2.26. The first kappa shape index (κ1) is 12.9. The van der Waals surface area contributed by atoms with Crippen molar-refractivity contribution in [1.29, 1.82) is 0 Å². The average molecular weight is 313 g/mol. The Morgan fingerprint density at radius 2 is 2.28 bits per heavy atom. The zero-order valence-corrected chi connectivity index (χ0v) is 11.5. The molecular formula is C11H13BrN4O2. The molecule has 2 N–H and O–H groups in total. The van der Waals surface area contributed by atoms with Crippen LogP contribution >= 0.6 is 15.9 Å². The number of carbonyl (C=O) groups is 2. The van der Waals surface area contributed by atoms with Crippen LogP contribution in [0.1, 0.15) is 25.6 Å². The minimum absolute atomic E-state index is 0.226. The van der Waals surface area contributed by atoms with Gasteiger partial charge in [0.2, 0.25) is 11.8 Å². The van der Waals surface area contributed by atoms with Gasteiger partial charge in [0.05, 0.1) is 0 Å².